The van der Waals surface area contributed by atoms with Gasteiger partial charge in [-0.15, -0.1) is 0 Å². The van der Waals surface area contributed by atoms with Crippen LogP contribution in [0.5, 0.6) is 0 Å². The van der Waals surface area contributed by atoms with E-state index in [9.17, 15) is 9.35 Å². The standard InChI is InChI=1S/C17H22N2O3S2/c1-2-3-4-8-11-15(16(20)19-21)24(22)17-18-14(12-23-17)13-9-6-5-7-10-13/h5-7,9-10,12,15,21H,2-4,8,11H2,1H3,(H,19,20). The van der Waals surface area contributed by atoms with Crippen molar-refractivity contribution < 1.29 is 14.6 Å². The van der Waals surface area contributed by atoms with Gasteiger partial charge in [-0.2, -0.15) is 4.98 Å². The fourth-order valence-electron chi connectivity index (χ4n) is 2.38. The molecule has 1 amide bonds. The van der Waals surface area contributed by atoms with Gasteiger partial charge in [-0.25, -0.2) is 5.48 Å². The third-order valence-corrected chi connectivity index (χ3v) is 6.52. The Kier molecular flexibility index (Phi) is 7.71. The molecule has 0 bridgehead atoms. The van der Waals surface area contributed by atoms with Gasteiger partial charge in [0.15, 0.2) is 0 Å². The van der Waals surface area contributed by atoms with Crippen molar-refractivity contribution in [2.24, 2.45) is 0 Å². The van der Waals surface area contributed by atoms with Gasteiger partial charge in [0.25, 0.3) is 5.91 Å². The summed E-state index contributed by atoms with van der Waals surface area (Å²) in [5, 5.41) is 10.0. The number of aromatic nitrogens is 1. The molecule has 2 rings (SSSR count). The topological polar surface area (TPSA) is 85.3 Å². The molecule has 2 aromatic rings. The molecular weight excluding hydrogens is 344 g/mol. The second-order valence-electron chi connectivity index (χ2n) is 5.48. The van der Waals surface area contributed by atoms with Crippen LogP contribution in [0.25, 0.3) is 11.3 Å². The number of carbonyl (C=O) groups excluding carboxylic acids is 1. The summed E-state index contributed by atoms with van der Waals surface area (Å²) in [5.41, 5.74) is 3.34. The average Bonchev–Trinajstić information content (AvgIpc) is 3.11. The molecular formula is C17H22N2O3S2. The molecule has 24 heavy (non-hydrogen) atoms. The fraction of sp³-hybridized carbons (Fsp3) is 0.412. The molecule has 0 aliphatic heterocycles. The number of rotatable bonds is 9. The second-order valence-corrected chi connectivity index (χ2v) is 8.14. The summed E-state index contributed by atoms with van der Waals surface area (Å²) >= 11 is -0.295. The maximum atomic E-state index is 12.7. The third kappa shape index (κ3) is 5.04. The molecule has 0 fully saturated rings. The van der Waals surface area contributed by atoms with E-state index in [1.165, 1.54) is 11.3 Å². The van der Waals surface area contributed by atoms with E-state index in [1.807, 2.05) is 35.7 Å². The monoisotopic (exact) mass is 366 g/mol. The normalized spacial score (nSPS) is 13.5. The zero-order chi connectivity index (χ0) is 17.4. The first kappa shape index (κ1) is 18.9. The predicted octanol–water partition coefficient (Wildman–Crippen LogP) is 3.76. The Morgan fingerprint density at radius 2 is 2.08 bits per heavy atom. The molecule has 0 aliphatic carbocycles. The van der Waals surface area contributed by atoms with Gasteiger partial charge in [-0.05, 0) is 6.42 Å². The minimum absolute atomic E-state index is 0.415. The van der Waals surface area contributed by atoms with Crippen molar-refractivity contribution in [3.8, 4) is 11.3 Å². The zero-order valence-electron chi connectivity index (χ0n) is 13.6. The van der Waals surface area contributed by atoms with Crippen LogP contribution in [0.15, 0.2) is 40.1 Å². The molecule has 2 atom stereocenters. The number of unbranched alkanes of at least 4 members (excludes halogenated alkanes) is 3. The summed E-state index contributed by atoms with van der Waals surface area (Å²) in [6, 6.07) is 9.63. The number of hydrogen-bond acceptors (Lipinski definition) is 5. The largest absolute Gasteiger partial charge is 0.609 e. The maximum absolute atomic E-state index is 12.7. The number of amides is 1. The number of carbonyl (C=O) groups is 1. The van der Waals surface area contributed by atoms with Crippen LogP contribution in [0.2, 0.25) is 0 Å². The van der Waals surface area contributed by atoms with E-state index in [0.29, 0.717) is 10.8 Å². The summed E-state index contributed by atoms with van der Waals surface area (Å²) < 4.78 is 13.2. The van der Waals surface area contributed by atoms with Crippen LogP contribution in [-0.2, 0) is 16.0 Å². The van der Waals surface area contributed by atoms with Crippen molar-refractivity contribution in [1.29, 1.82) is 0 Å². The first-order chi connectivity index (χ1) is 11.7. The molecule has 1 heterocycles. The van der Waals surface area contributed by atoms with Crippen LogP contribution in [0, 0.1) is 0 Å². The van der Waals surface area contributed by atoms with Gasteiger partial charge < -0.3 is 4.55 Å². The molecule has 0 aliphatic rings. The highest BCUT2D eigenvalue weighted by Crippen LogP contribution is 2.28. The minimum atomic E-state index is -1.57. The summed E-state index contributed by atoms with van der Waals surface area (Å²) in [7, 11) is 0. The number of hydrogen-bond donors (Lipinski definition) is 2. The van der Waals surface area contributed by atoms with Gasteiger partial charge in [0.05, 0.1) is 5.69 Å². The molecule has 1 aromatic heterocycles. The highest BCUT2D eigenvalue weighted by molar-refractivity contribution is 7.94. The molecule has 7 heteroatoms. The van der Waals surface area contributed by atoms with Crippen LogP contribution in [0.3, 0.4) is 0 Å². The number of benzene rings is 1. The Labute approximate surface area is 149 Å². The highest BCUT2D eigenvalue weighted by Gasteiger charge is 2.34. The van der Waals surface area contributed by atoms with Gasteiger partial charge in [0.2, 0.25) is 5.25 Å². The molecule has 130 valence electrons. The predicted molar refractivity (Wildman–Crippen MR) is 96.4 cm³/mol. The fourth-order valence-corrected chi connectivity index (χ4v) is 4.86. The third-order valence-electron chi connectivity index (χ3n) is 3.71. The highest BCUT2D eigenvalue weighted by atomic mass is 32.2. The zero-order valence-corrected chi connectivity index (χ0v) is 15.2. The van der Waals surface area contributed by atoms with Gasteiger partial charge in [-0.1, -0.05) is 67.9 Å². The van der Waals surface area contributed by atoms with Crippen LogP contribution in [0.4, 0.5) is 0 Å². The van der Waals surface area contributed by atoms with Crippen molar-refractivity contribution in [1.82, 2.24) is 10.5 Å². The number of nitrogens with one attached hydrogen (secondary N) is 1. The quantitative estimate of drug-likeness (QED) is 0.306. The summed E-state index contributed by atoms with van der Waals surface area (Å²) in [4.78, 5) is 16.3. The Morgan fingerprint density at radius 3 is 2.75 bits per heavy atom. The van der Waals surface area contributed by atoms with E-state index in [-0.39, 0.29) is 0 Å². The lowest BCUT2D eigenvalue weighted by atomic mass is 10.1. The molecule has 0 spiro atoms. The van der Waals surface area contributed by atoms with E-state index in [0.717, 1.165) is 36.9 Å². The lowest BCUT2D eigenvalue weighted by Gasteiger charge is -2.17. The lowest BCUT2D eigenvalue weighted by Crippen LogP contribution is -2.38. The van der Waals surface area contributed by atoms with Gasteiger partial charge in [0, 0.05) is 28.5 Å². The summed E-state index contributed by atoms with van der Waals surface area (Å²) in [6.07, 6.45) is 4.42. The maximum Gasteiger partial charge on any atom is 0.302 e. The molecule has 0 radical (unpaired) electrons. The van der Waals surface area contributed by atoms with Crippen molar-refractivity contribution in [3.63, 3.8) is 0 Å². The molecule has 0 saturated carbocycles. The van der Waals surface area contributed by atoms with E-state index in [2.05, 4.69) is 11.9 Å². The Hall–Kier alpha value is -1.41. The first-order valence-corrected chi connectivity index (χ1v) is 10.1. The van der Waals surface area contributed by atoms with Crippen molar-refractivity contribution >= 4 is 28.4 Å². The van der Waals surface area contributed by atoms with E-state index < -0.39 is 22.3 Å². The molecule has 1 aromatic carbocycles. The van der Waals surface area contributed by atoms with E-state index in [4.69, 9.17) is 5.21 Å². The Balaban J connectivity index is 2.09. The smallest absolute Gasteiger partial charge is 0.302 e. The molecule has 2 N–H and O–H groups in total. The number of nitrogens with zero attached hydrogens (tertiary/aromatic N) is 1. The summed E-state index contributed by atoms with van der Waals surface area (Å²) in [5.74, 6) is -0.610. The number of hydroxylamine groups is 1. The van der Waals surface area contributed by atoms with Crippen LogP contribution >= 0.6 is 11.3 Å². The van der Waals surface area contributed by atoms with E-state index in [1.54, 1.807) is 5.48 Å². The summed E-state index contributed by atoms with van der Waals surface area (Å²) in [6.45, 7) is 2.11. The van der Waals surface area contributed by atoms with Crippen molar-refractivity contribution in [3.05, 3.63) is 35.7 Å². The lowest BCUT2D eigenvalue weighted by molar-refractivity contribution is -0.128. The van der Waals surface area contributed by atoms with Crippen LogP contribution in [-0.4, -0.2) is 25.9 Å². The first-order valence-electron chi connectivity index (χ1n) is 8.02. The van der Waals surface area contributed by atoms with Gasteiger partial charge in [0.1, 0.15) is 0 Å². The van der Waals surface area contributed by atoms with Gasteiger partial charge in [-0.3, -0.25) is 10.0 Å². The van der Waals surface area contributed by atoms with Crippen molar-refractivity contribution in [2.45, 2.75) is 48.6 Å². The van der Waals surface area contributed by atoms with Crippen molar-refractivity contribution in [2.75, 3.05) is 0 Å². The average molecular weight is 367 g/mol. The van der Waals surface area contributed by atoms with E-state index >= 15 is 0 Å². The second kappa shape index (κ2) is 9.78. The van der Waals surface area contributed by atoms with Crippen LogP contribution in [0.1, 0.15) is 39.0 Å². The minimum Gasteiger partial charge on any atom is -0.609 e. The molecule has 5 nitrogen and oxygen atoms in total. The Morgan fingerprint density at radius 1 is 1.33 bits per heavy atom. The Bertz CT molecular complexity index is 634. The molecule has 0 saturated heterocycles. The van der Waals surface area contributed by atoms with Crippen LogP contribution < -0.4 is 5.48 Å². The van der Waals surface area contributed by atoms with Gasteiger partial charge >= 0.3 is 4.34 Å². The molecule has 2 unspecified atom stereocenters. The number of thiazole rings is 1. The SMILES string of the molecule is CCCCCCC(C(=O)NO)[S+]([O-])c1nc(-c2ccccc2)cs1.